The van der Waals surface area contributed by atoms with E-state index in [-0.39, 0.29) is 0 Å². The lowest BCUT2D eigenvalue weighted by molar-refractivity contribution is 0.535. The summed E-state index contributed by atoms with van der Waals surface area (Å²) in [6, 6.07) is 0. The summed E-state index contributed by atoms with van der Waals surface area (Å²) in [6.07, 6.45) is 22.2. The van der Waals surface area contributed by atoms with Crippen molar-refractivity contribution in [1.29, 1.82) is 0 Å². The van der Waals surface area contributed by atoms with E-state index >= 15 is 0 Å². The van der Waals surface area contributed by atoms with Gasteiger partial charge >= 0.3 is 0 Å². The highest BCUT2D eigenvalue weighted by atomic mass is 32.2. The van der Waals surface area contributed by atoms with Gasteiger partial charge < -0.3 is 0 Å². The highest BCUT2D eigenvalue weighted by Crippen LogP contribution is 2.32. The Bertz CT molecular complexity index is 439. The summed E-state index contributed by atoms with van der Waals surface area (Å²) in [5, 5.41) is 0. The van der Waals surface area contributed by atoms with Crippen molar-refractivity contribution in [3.05, 3.63) is 46.3 Å². The third-order valence-electron chi connectivity index (χ3n) is 4.45. The van der Waals surface area contributed by atoms with E-state index in [1.165, 1.54) is 44.3 Å². The third-order valence-corrected chi connectivity index (χ3v) is 7.07. The van der Waals surface area contributed by atoms with Gasteiger partial charge in [-0.05, 0) is 56.3 Å². The zero-order chi connectivity index (χ0) is 15.1. The molecule has 1 heteroatoms. The van der Waals surface area contributed by atoms with Crippen molar-refractivity contribution < 1.29 is 0 Å². The molecule has 0 radical (unpaired) electrons. The smallest absolute Gasteiger partial charge is 0.0885 e. The molecule has 0 amide bonds. The largest absolute Gasteiger partial charge is 0.156 e. The van der Waals surface area contributed by atoms with Crippen LogP contribution in [0.2, 0.25) is 0 Å². The Morgan fingerprint density at radius 3 is 2.81 bits per heavy atom. The fraction of sp³-hybridized carbons (Fsp3) is 0.600. The van der Waals surface area contributed by atoms with E-state index < -0.39 is 0 Å². The molecule has 0 saturated heterocycles. The molecule has 0 aromatic heterocycles. The Labute approximate surface area is 134 Å². The van der Waals surface area contributed by atoms with Gasteiger partial charge in [0.15, 0.2) is 4.91 Å². The van der Waals surface area contributed by atoms with Gasteiger partial charge in [-0.25, -0.2) is 0 Å². The topological polar surface area (TPSA) is 0 Å². The van der Waals surface area contributed by atoms with Gasteiger partial charge in [-0.15, -0.1) is 0 Å². The number of allylic oxidation sites excluding steroid dienone is 7. The molecule has 3 atom stereocenters. The minimum atomic E-state index is 0.332. The Morgan fingerprint density at radius 2 is 2.19 bits per heavy atom. The van der Waals surface area contributed by atoms with Gasteiger partial charge in [-0.3, -0.25) is 0 Å². The van der Waals surface area contributed by atoms with E-state index in [1.807, 2.05) is 0 Å². The van der Waals surface area contributed by atoms with Crippen molar-refractivity contribution in [3.63, 3.8) is 0 Å². The lowest BCUT2D eigenvalue weighted by atomic mass is 9.96. The molecule has 2 aliphatic carbocycles. The van der Waals surface area contributed by atoms with Gasteiger partial charge in [0.1, 0.15) is 10.7 Å². The summed E-state index contributed by atoms with van der Waals surface area (Å²) in [7, 11) is 0.332. The van der Waals surface area contributed by atoms with Crippen LogP contribution >= 0.6 is 0 Å². The van der Waals surface area contributed by atoms with Crippen molar-refractivity contribution in [3.8, 4) is 0 Å². The first-order chi connectivity index (χ1) is 10.2. The first kappa shape index (κ1) is 16.7. The van der Waals surface area contributed by atoms with Crippen LogP contribution in [-0.2, 0) is 10.9 Å². The number of hydrogen-bond donors (Lipinski definition) is 0. The Hall–Kier alpha value is -0.690. The van der Waals surface area contributed by atoms with E-state index in [0.29, 0.717) is 10.9 Å². The maximum Gasteiger partial charge on any atom is 0.156 e. The van der Waals surface area contributed by atoms with Crippen LogP contribution in [0.4, 0.5) is 0 Å². The summed E-state index contributed by atoms with van der Waals surface area (Å²) in [5.74, 6) is 2.97. The monoisotopic (exact) mass is 303 g/mol. The van der Waals surface area contributed by atoms with E-state index in [2.05, 4.69) is 57.2 Å². The van der Waals surface area contributed by atoms with E-state index in [1.54, 1.807) is 9.81 Å². The van der Waals surface area contributed by atoms with E-state index in [9.17, 15) is 0 Å². The van der Waals surface area contributed by atoms with E-state index in [0.717, 1.165) is 11.8 Å². The van der Waals surface area contributed by atoms with Crippen LogP contribution in [0.15, 0.2) is 46.3 Å². The molecular weight excluding hydrogens is 272 g/mol. The number of rotatable bonds is 6. The summed E-state index contributed by atoms with van der Waals surface area (Å²) in [6.45, 7) is 6.95. The molecule has 0 spiro atoms. The van der Waals surface area contributed by atoms with Crippen molar-refractivity contribution in [2.75, 3.05) is 5.75 Å². The highest BCUT2D eigenvalue weighted by Gasteiger charge is 2.30. The molecule has 0 nitrogen and oxygen atoms in total. The highest BCUT2D eigenvalue weighted by molar-refractivity contribution is 8.04. The molecule has 2 rings (SSSR count). The number of hydrogen-bond acceptors (Lipinski definition) is 0. The quantitative estimate of drug-likeness (QED) is 0.408. The molecule has 1 unspecified atom stereocenters. The Kier molecular flexibility index (Phi) is 6.89. The van der Waals surface area contributed by atoms with Crippen molar-refractivity contribution >= 4 is 10.9 Å². The fourth-order valence-corrected chi connectivity index (χ4v) is 5.46. The van der Waals surface area contributed by atoms with Crippen molar-refractivity contribution in [2.24, 2.45) is 11.8 Å². The fourth-order valence-electron chi connectivity index (χ4n) is 3.00. The first-order valence-corrected chi connectivity index (χ1v) is 10.0. The molecule has 21 heavy (non-hydrogen) atoms. The average molecular weight is 304 g/mol. The lowest BCUT2D eigenvalue weighted by Crippen LogP contribution is -2.20. The van der Waals surface area contributed by atoms with Gasteiger partial charge in [0.25, 0.3) is 0 Å². The van der Waals surface area contributed by atoms with Crippen LogP contribution in [0.3, 0.4) is 0 Å². The molecule has 0 saturated carbocycles. The summed E-state index contributed by atoms with van der Waals surface area (Å²) in [5.41, 5.74) is 0. The van der Waals surface area contributed by atoms with Gasteiger partial charge in [-0.2, -0.15) is 0 Å². The molecule has 0 fully saturated rings. The van der Waals surface area contributed by atoms with Crippen LogP contribution in [0.1, 0.15) is 59.3 Å². The predicted octanol–water partition coefficient (Wildman–Crippen LogP) is 6.14. The zero-order valence-electron chi connectivity index (χ0n) is 14.0. The Morgan fingerprint density at radius 1 is 1.33 bits per heavy atom. The molecule has 0 heterocycles. The number of unbranched alkanes of at least 4 members (excludes halogenated alkanes) is 1. The minimum Gasteiger partial charge on any atom is -0.0885 e. The van der Waals surface area contributed by atoms with Gasteiger partial charge in [0.05, 0.1) is 10.9 Å². The maximum atomic E-state index is 2.51. The molecule has 116 valence electrons. The van der Waals surface area contributed by atoms with Crippen LogP contribution in [0.25, 0.3) is 0 Å². The van der Waals surface area contributed by atoms with Crippen molar-refractivity contribution in [2.45, 2.75) is 59.3 Å². The molecule has 0 aromatic carbocycles. The van der Waals surface area contributed by atoms with Crippen LogP contribution < -0.4 is 0 Å². The maximum absolute atomic E-state index is 2.51. The summed E-state index contributed by atoms with van der Waals surface area (Å²) >= 11 is 0. The molecule has 0 N–H and O–H groups in total. The zero-order valence-corrected chi connectivity index (χ0v) is 14.8. The van der Waals surface area contributed by atoms with E-state index in [4.69, 9.17) is 0 Å². The predicted molar refractivity (Wildman–Crippen MR) is 98.4 cm³/mol. The standard InChI is InChI=1S/C20H31S/c1-4-5-9-18(3)21(16-19-10-7-6-8-11-19)20-14-12-17(2)13-15-20/h6-7,9,12,14-15,17,19H,4-5,8,10-11,13,16H2,1-3H3/q+1/b18-9+/t17-,19-,21?/m1/s1. The third kappa shape index (κ3) is 5.21. The second kappa shape index (κ2) is 8.68. The summed E-state index contributed by atoms with van der Waals surface area (Å²) < 4.78 is 0. The molecule has 2 aliphatic rings. The van der Waals surface area contributed by atoms with Gasteiger partial charge in [-0.1, -0.05) is 38.5 Å². The second-order valence-electron chi connectivity index (χ2n) is 6.49. The molecule has 0 aromatic rings. The Balaban J connectivity index is 2.10. The SMILES string of the molecule is CCC/C=C(\C)[S+](C[C@@H]1CC=CCC1)C1=CC[C@H](C)C=C1. The second-order valence-corrected chi connectivity index (χ2v) is 8.72. The normalized spacial score (nSPS) is 27.6. The van der Waals surface area contributed by atoms with Crippen LogP contribution in [0.5, 0.6) is 0 Å². The molecular formula is C20H31S+. The molecule has 0 bridgehead atoms. The lowest BCUT2D eigenvalue weighted by Gasteiger charge is -2.20. The van der Waals surface area contributed by atoms with Crippen molar-refractivity contribution in [1.82, 2.24) is 0 Å². The molecule has 0 aliphatic heterocycles. The van der Waals surface area contributed by atoms with Crippen LogP contribution in [-0.4, -0.2) is 5.75 Å². The first-order valence-electron chi connectivity index (χ1n) is 8.61. The minimum absolute atomic E-state index is 0.332. The summed E-state index contributed by atoms with van der Waals surface area (Å²) in [4.78, 5) is 3.23. The van der Waals surface area contributed by atoms with Crippen LogP contribution in [0, 0.1) is 11.8 Å². The van der Waals surface area contributed by atoms with Gasteiger partial charge in [0.2, 0.25) is 0 Å². The van der Waals surface area contributed by atoms with Gasteiger partial charge in [0, 0.05) is 12.8 Å². The average Bonchev–Trinajstić information content (AvgIpc) is 2.52.